The molecule has 0 unspecified atom stereocenters. The molecule has 7 heteroatoms. The molecule has 5 rings (SSSR count). The molecule has 2 fully saturated rings. The van der Waals surface area contributed by atoms with Gasteiger partial charge in [0.15, 0.2) is 0 Å². The van der Waals surface area contributed by atoms with E-state index in [0.717, 1.165) is 73.8 Å². The topological polar surface area (TPSA) is 65.1 Å². The molecular formula is C33H40N4O3. The van der Waals surface area contributed by atoms with Gasteiger partial charge >= 0.3 is 0 Å². The van der Waals surface area contributed by atoms with Crippen LogP contribution in [0.5, 0.6) is 5.75 Å². The maximum Gasteiger partial charge on any atom is 0.254 e. The number of rotatable bonds is 10. The molecule has 1 aliphatic carbocycles. The lowest BCUT2D eigenvalue weighted by Crippen LogP contribution is -2.44. The third-order valence-corrected chi connectivity index (χ3v) is 7.97. The van der Waals surface area contributed by atoms with Gasteiger partial charge in [-0.25, -0.2) is 0 Å². The second kappa shape index (κ2) is 13.5. The summed E-state index contributed by atoms with van der Waals surface area (Å²) in [5.74, 6) is 0.922. The van der Waals surface area contributed by atoms with Crippen LogP contribution in [0.3, 0.4) is 0 Å². The predicted molar refractivity (Wildman–Crippen MR) is 159 cm³/mol. The quantitative estimate of drug-likeness (QED) is 0.444. The van der Waals surface area contributed by atoms with E-state index in [1.807, 2.05) is 82.6 Å². The van der Waals surface area contributed by atoms with Gasteiger partial charge < -0.3 is 19.9 Å². The Bertz CT molecular complexity index is 1240. The number of methoxy groups -OCH3 is 1. The summed E-state index contributed by atoms with van der Waals surface area (Å²) in [5, 5.41) is 3.65. The standard InChI is InChI=1S/C33H40N4O3/c1-40-31-15-11-26(12-16-31)25-37(30-8-3-2-4-9-30)33(39)27-13-14-29(24-27)34-28-17-22-36(23-18-28)32(38)10-7-21-35-19-5-6-20-35/h2-4,7-16,28,34H,5-6,17-25H2,1H3/b10-7+. The van der Waals surface area contributed by atoms with Crippen LogP contribution < -0.4 is 15.0 Å². The molecule has 1 N–H and O–H groups in total. The Balaban J connectivity index is 1.11. The van der Waals surface area contributed by atoms with Crippen molar-refractivity contribution in [2.45, 2.75) is 44.7 Å². The predicted octanol–water partition coefficient (Wildman–Crippen LogP) is 4.68. The van der Waals surface area contributed by atoms with E-state index < -0.39 is 0 Å². The third-order valence-electron chi connectivity index (χ3n) is 7.97. The first-order valence-electron chi connectivity index (χ1n) is 14.4. The molecule has 0 spiro atoms. The molecule has 3 aliphatic rings. The molecule has 2 saturated heterocycles. The van der Waals surface area contributed by atoms with E-state index in [0.29, 0.717) is 19.0 Å². The molecule has 0 radical (unpaired) electrons. The third kappa shape index (κ3) is 7.21. The van der Waals surface area contributed by atoms with Gasteiger partial charge in [0.25, 0.3) is 5.91 Å². The molecular weight excluding hydrogens is 500 g/mol. The summed E-state index contributed by atoms with van der Waals surface area (Å²) in [6, 6.07) is 18.0. The zero-order valence-corrected chi connectivity index (χ0v) is 23.4. The first-order valence-corrected chi connectivity index (χ1v) is 14.4. The number of anilines is 1. The SMILES string of the molecule is COc1ccc(CN(C(=O)C2=CC=C(NC3CCN(C(=O)/C=C/CN4CCCC4)CC3)C2)c2ccccc2)cc1. The number of carbonyl (C=O) groups is 2. The molecule has 0 saturated carbocycles. The van der Waals surface area contributed by atoms with Gasteiger partial charge in [-0.3, -0.25) is 14.5 Å². The van der Waals surface area contributed by atoms with E-state index >= 15 is 0 Å². The van der Waals surface area contributed by atoms with Crippen LogP contribution in [0.15, 0.2) is 90.2 Å². The molecule has 0 aromatic heterocycles. The average molecular weight is 541 g/mol. The number of allylic oxidation sites excluding steroid dienone is 3. The van der Waals surface area contributed by atoms with Gasteiger partial charge in [0.05, 0.1) is 13.7 Å². The van der Waals surface area contributed by atoms with Crippen LogP contribution in [-0.2, 0) is 16.1 Å². The summed E-state index contributed by atoms with van der Waals surface area (Å²) in [7, 11) is 1.65. The molecule has 2 aromatic rings. The summed E-state index contributed by atoms with van der Waals surface area (Å²) in [4.78, 5) is 32.5. The van der Waals surface area contributed by atoms with Gasteiger partial charge in [0.2, 0.25) is 5.91 Å². The molecule has 7 nitrogen and oxygen atoms in total. The summed E-state index contributed by atoms with van der Waals surface area (Å²) in [6.45, 7) is 5.13. The van der Waals surface area contributed by atoms with Crippen LogP contribution in [0.1, 0.15) is 37.7 Å². The van der Waals surface area contributed by atoms with Gasteiger partial charge in [-0.2, -0.15) is 0 Å². The van der Waals surface area contributed by atoms with E-state index in [1.165, 1.54) is 12.8 Å². The highest BCUT2D eigenvalue weighted by atomic mass is 16.5. The second-order valence-electron chi connectivity index (χ2n) is 10.8. The van der Waals surface area contributed by atoms with Crippen molar-refractivity contribution in [2.75, 3.05) is 44.7 Å². The maximum atomic E-state index is 13.7. The van der Waals surface area contributed by atoms with Crippen LogP contribution in [0.2, 0.25) is 0 Å². The Labute approximate surface area is 237 Å². The number of hydrogen-bond donors (Lipinski definition) is 1. The Morgan fingerprint density at radius 1 is 0.975 bits per heavy atom. The van der Waals surface area contributed by atoms with Crippen LogP contribution in [-0.4, -0.2) is 67.5 Å². The zero-order chi connectivity index (χ0) is 27.7. The largest absolute Gasteiger partial charge is 0.497 e. The summed E-state index contributed by atoms with van der Waals surface area (Å²) in [5.41, 5.74) is 3.75. The normalized spacial score (nSPS) is 18.1. The van der Waals surface area contributed by atoms with Crippen molar-refractivity contribution in [2.24, 2.45) is 0 Å². The van der Waals surface area contributed by atoms with Crippen molar-refractivity contribution in [3.8, 4) is 5.75 Å². The number of para-hydroxylation sites is 1. The molecule has 40 heavy (non-hydrogen) atoms. The van der Waals surface area contributed by atoms with Gasteiger partial charge in [-0.15, -0.1) is 0 Å². The van der Waals surface area contributed by atoms with E-state index in [4.69, 9.17) is 4.74 Å². The molecule has 2 heterocycles. The molecule has 2 amide bonds. The first kappa shape index (κ1) is 27.7. The van der Waals surface area contributed by atoms with E-state index in [9.17, 15) is 9.59 Å². The summed E-state index contributed by atoms with van der Waals surface area (Å²) >= 11 is 0. The number of amides is 2. The highest BCUT2D eigenvalue weighted by molar-refractivity contribution is 6.06. The Kier molecular flexibility index (Phi) is 9.34. The number of ether oxygens (including phenoxy) is 1. The van der Waals surface area contributed by atoms with Gasteiger partial charge in [0.1, 0.15) is 5.75 Å². The number of carbonyl (C=O) groups excluding carboxylic acids is 2. The van der Waals surface area contributed by atoms with Gasteiger partial charge in [-0.05, 0) is 74.7 Å². The number of nitrogens with zero attached hydrogens (tertiary/aromatic N) is 3. The van der Waals surface area contributed by atoms with Crippen molar-refractivity contribution in [3.63, 3.8) is 0 Å². The Morgan fingerprint density at radius 3 is 2.40 bits per heavy atom. The molecule has 2 aliphatic heterocycles. The fourth-order valence-electron chi connectivity index (χ4n) is 5.63. The van der Waals surface area contributed by atoms with Crippen molar-refractivity contribution in [1.29, 1.82) is 0 Å². The van der Waals surface area contributed by atoms with Crippen LogP contribution in [0.25, 0.3) is 0 Å². The van der Waals surface area contributed by atoms with Crippen LogP contribution in [0.4, 0.5) is 5.69 Å². The summed E-state index contributed by atoms with van der Waals surface area (Å²) in [6.07, 6.45) is 12.7. The zero-order valence-electron chi connectivity index (χ0n) is 23.4. The van der Waals surface area contributed by atoms with Crippen molar-refractivity contribution >= 4 is 17.5 Å². The smallest absolute Gasteiger partial charge is 0.254 e. The Hall–Kier alpha value is -3.84. The second-order valence-corrected chi connectivity index (χ2v) is 10.8. The molecule has 2 aromatic carbocycles. The fourth-order valence-corrected chi connectivity index (χ4v) is 5.63. The minimum atomic E-state index is 0.0104. The molecule has 0 atom stereocenters. The van der Waals surface area contributed by atoms with Crippen molar-refractivity contribution in [3.05, 3.63) is 95.7 Å². The summed E-state index contributed by atoms with van der Waals surface area (Å²) < 4.78 is 5.28. The first-order chi connectivity index (χ1) is 19.6. The van der Waals surface area contributed by atoms with Gasteiger partial charge in [-0.1, -0.05) is 42.5 Å². The van der Waals surface area contributed by atoms with Crippen molar-refractivity contribution in [1.82, 2.24) is 15.1 Å². The minimum Gasteiger partial charge on any atom is -0.497 e. The lowest BCUT2D eigenvalue weighted by molar-refractivity contribution is -0.127. The maximum absolute atomic E-state index is 13.7. The lowest BCUT2D eigenvalue weighted by atomic mass is 10.0. The molecule has 0 bridgehead atoms. The Morgan fingerprint density at radius 2 is 1.70 bits per heavy atom. The highest BCUT2D eigenvalue weighted by Crippen LogP contribution is 2.26. The fraction of sp³-hybridized carbons (Fsp3) is 0.394. The van der Waals surface area contributed by atoms with Crippen LogP contribution in [0, 0.1) is 0 Å². The van der Waals surface area contributed by atoms with Crippen molar-refractivity contribution < 1.29 is 14.3 Å². The number of nitrogens with one attached hydrogen (secondary N) is 1. The monoisotopic (exact) mass is 540 g/mol. The number of benzene rings is 2. The van der Waals surface area contributed by atoms with Gasteiger partial charge in [0, 0.05) is 55.1 Å². The van der Waals surface area contributed by atoms with E-state index in [2.05, 4.69) is 10.2 Å². The van der Waals surface area contributed by atoms with E-state index in [1.54, 1.807) is 13.2 Å². The van der Waals surface area contributed by atoms with E-state index in [-0.39, 0.29) is 11.8 Å². The number of likely N-dealkylation sites (tertiary alicyclic amines) is 2. The lowest BCUT2D eigenvalue weighted by Gasteiger charge is -2.32. The highest BCUT2D eigenvalue weighted by Gasteiger charge is 2.26. The number of piperidine rings is 1. The average Bonchev–Trinajstić information content (AvgIpc) is 3.69. The molecule has 210 valence electrons. The minimum absolute atomic E-state index is 0.0104. The van der Waals surface area contributed by atoms with Crippen LogP contribution >= 0.6 is 0 Å². The number of hydrogen-bond acceptors (Lipinski definition) is 5.